The van der Waals surface area contributed by atoms with Crippen LogP contribution in [0.4, 0.5) is 5.69 Å². The van der Waals surface area contributed by atoms with Gasteiger partial charge in [0, 0.05) is 11.3 Å². The molecule has 1 amide bonds. The van der Waals surface area contributed by atoms with Crippen LogP contribution in [0.15, 0.2) is 42.5 Å². The monoisotopic (exact) mass is 277 g/mol. The molecule has 0 aliphatic carbocycles. The number of benzene rings is 2. The van der Waals surface area contributed by atoms with Gasteiger partial charge in [-0.25, -0.2) is 4.98 Å². The number of aromatic nitrogens is 2. The van der Waals surface area contributed by atoms with Crippen molar-refractivity contribution in [1.29, 1.82) is 0 Å². The van der Waals surface area contributed by atoms with Crippen LogP contribution in [0.25, 0.3) is 22.4 Å². The molecule has 4 rings (SSSR count). The molecule has 0 radical (unpaired) electrons. The fourth-order valence-electron chi connectivity index (χ4n) is 2.81. The van der Waals surface area contributed by atoms with Gasteiger partial charge >= 0.3 is 0 Å². The summed E-state index contributed by atoms with van der Waals surface area (Å²) < 4.78 is 0. The quantitative estimate of drug-likeness (QED) is 0.715. The molecule has 2 heterocycles. The fraction of sp³-hybridized carbons (Fsp3) is 0.176. The molecule has 0 fully saturated rings. The standard InChI is InChI=1S/C17H15N3O/c1-17(2)11-9-10(7-8-12(11)20-16(17)21)15-18-13-5-3-4-6-14(13)19-15/h3-9H,1-2H3,(H,18,19)(H,20,21). The normalized spacial score (nSPS) is 16.0. The number of fused-ring (bicyclic) bond motifs is 2. The maximum Gasteiger partial charge on any atom is 0.234 e. The number of para-hydroxylation sites is 2. The summed E-state index contributed by atoms with van der Waals surface area (Å²) in [6, 6.07) is 13.9. The average molecular weight is 277 g/mol. The van der Waals surface area contributed by atoms with Crippen LogP contribution in [0, 0.1) is 0 Å². The minimum atomic E-state index is -0.503. The summed E-state index contributed by atoms with van der Waals surface area (Å²) in [7, 11) is 0. The van der Waals surface area contributed by atoms with E-state index in [4.69, 9.17) is 0 Å². The zero-order valence-corrected chi connectivity index (χ0v) is 11.9. The van der Waals surface area contributed by atoms with E-state index in [0.29, 0.717) is 0 Å². The molecule has 1 aliphatic rings. The van der Waals surface area contributed by atoms with Crippen molar-refractivity contribution in [2.45, 2.75) is 19.3 Å². The molecule has 0 bridgehead atoms. The fourth-order valence-corrected chi connectivity index (χ4v) is 2.81. The zero-order valence-electron chi connectivity index (χ0n) is 11.9. The van der Waals surface area contributed by atoms with Crippen LogP contribution in [0.5, 0.6) is 0 Å². The molecule has 1 aliphatic heterocycles. The van der Waals surface area contributed by atoms with Crippen molar-refractivity contribution in [2.75, 3.05) is 5.32 Å². The van der Waals surface area contributed by atoms with Gasteiger partial charge in [0.15, 0.2) is 0 Å². The lowest BCUT2D eigenvalue weighted by Gasteiger charge is -2.15. The number of amides is 1. The lowest BCUT2D eigenvalue weighted by molar-refractivity contribution is -0.119. The van der Waals surface area contributed by atoms with Gasteiger partial charge in [-0.05, 0) is 49.7 Å². The highest BCUT2D eigenvalue weighted by Gasteiger charge is 2.38. The van der Waals surface area contributed by atoms with E-state index in [9.17, 15) is 4.79 Å². The molecule has 0 atom stereocenters. The number of hydrogen-bond acceptors (Lipinski definition) is 2. The molecule has 2 N–H and O–H groups in total. The Balaban J connectivity index is 1.87. The molecule has 104 valence electrons. The molecule has 0 unspecified atom stereocenters. The summed E-state index contributed by atoms with van der Waals surface area (Å²) in [6.07, 6.45) is 0. The van der Waals surface area contributed by atoms with Crippen LogP contribution in [0.1, 0.15) is 19.4 Å². The first kappa shape index (κ1) is 12.1. The Bertz CT molecular complexity index is 844. The number of H-pyrrole nitrogens is 1. The molecule has 21 heavy (non-hydrogen) atoms. The highest BCUT2D eigenvalue weighted by molar-refractivity contribution is 6.06. The van der Waals surface area contributed by atoms with Crippen molar-refractivity contribution >= 4 is 22.6 Å². The largest absolute Gasteiger partial charge is 0.338 e. The lowest BCUT2D eigenvalue weighted by atomic mass is 9.85. The number of nitrogens with zero attached hydrogens (tertiary/aromatic N) is 1. The van der Waals surface area contributed by atoms with Gasteiger partial charge in [-0.3, -0.25) is 4.79 Å². The van der Waals surface area contributed by atoms with E-state index in [1.165, 1.54) is 0 Å². The summed E-state index contributed by atoms with van der Waals surface area (Å²) in [5, 5.41) is 2.92. The number of hydrogen-bond donors (Lipinski definition) is 2. The van der Waals surface area contributed by atoms with Gasteiger partial charge in [-0.1, -0.05) is 12.1 Å². The van der Waals surface area contributed by atoms with Gasteiger partial charge in [0.1, 0.15) is 5.82 Å². The van der Waals surface area contributed by atoms with Crippen LogP contribution in [0.3, 0.4) is 0 Å². The second kappa shape index (κ2) is 3.95. The highest BCUT2D eigenvalue weighted by atomic mass is 16.2. The van der Waals surface area contributed by atoms with Gasteiger partial charge in [-0.15, -0.1) is 0 Å². The topological polar surface area (TPSA) is 57.8 Å². The summed E-state index contributed by atoms with van der Waals surface area (Å²) in [5.74, 6) is 0.869. The molecule has 4 nitrogen and oxygen atoms in total. The maximum atomic E-state index is 12.0. The summed E-state index contributed by atoms with van der Waals surface area (Å²) >= 11 is 0. The first-order valence-electron chi connectivity index (χ1n) is 6.97. The van der Waals surface area contributed by atoms with E-state index in [0.717, 1.165) is 33.7 Å². The van der Waals surface area contributed by atoms with Crippen LogP contribution >= 0.6 is 0 Å². The van der Waals surface area contributed by atoms with Crippen LogP contribution in [-0.4, -0.2) is 15.9 Å². The van der Waals surface area contributed by atoms with Gasteiger partial charge < -0.3 is 10.3 Å². The van der Waals surface area contributed by atoms with Crippen LogP contribution in [0.2, 0.25) is 0 Å². The number of rotatable bonds is 1. The van der Waals surface area contributed by atoms with Crippen LogP contribution in [-0.2, 0) is 10.2 Å². The second-order valence-electron chi connectivity index (χ2n) is 5.94. The zero-order chi connectivity index (χ0) is 14.6. The Morgan fingerprint density at radius 2 is 1.90 bits per heavy atom. The molecule has 0 saturated heterocycles. The SMILES string of the molecule is CC1(C)C(=O)Nc2ccc(-c3nc4ccccc4[nH]3)cc21. The van der Waals surface area contributed by atoms with Crippen molar-refractivity contribution in [2.24, 2.45) is 0 Å². The first-order valence-corrected chi connectivity index (χ1v) is 6.97. The summed E-state index contributed by atoms with van der Waals surface area (Å²) in [6.45, 7) is 3.88. The van der Waals surface area contributed by atoms with Gasteiger partial charge in [0.25, 0.3) is 0 Å². The Hall–Kier alpha value is -2.62. The van der Waals surface area contributed by atoms with Crippen molar-refractivity contribution in [3.63, 3.8) is 0 Å². The Kier molecular flexibility index (Phi) is 2.28. The molecular formula is C17H15N3O. The smallest absolute Gasteiger partial charge is 0.234 e. The van der Waals surface area contributed by atoms with Crippen molar-refractivity contribution in [3.05, 3.63) is 48.0 Å². The third-order valence-electron chi connectivity index (χ3n) is 4.17. The van der Waals surface area contributed by atoms with Gasteiger partial charge in [0.05, 0.1) is 16.4 Å². The third kappa shape index (κ3) is 1.69. The van der Waals surface area contributed by atoms with Crippen LogP contribution < -0.4 is 5.32 Å². The lowest BCUT2D eigenvalue weighted by Crippen LogP contribution is -2.26. The summed E-state index contributed by atoms with van der Waals surface area (Å²) in [4.78, 5) is 19.9. The predicted molar refractivity (Wildman–Crippen MR) is 83.2 cm³/mol. The maximum absolute atomic E-state index is 12.0. The van der Waals surface area contributed by atoms with Gasteiger partial charge in [-0.2, -0.15) is 0 Å². The molecule has 0 saturated carbocycles. The molecular weight excluding hydrogens is 262 g/mol. The van der Waals surface area contributed by atoms with E-state index in [1.54, 1.807) is 0 Å². The number of anilines is 1. The third-order valence-corrected chi connectivity index (χ3v) is 4.17. The van der Waals surface area contributed by atoms with E-state index in [1.807, 2.05) is 56.3 Å². The molecule has 0 spiro atoms. The van der Waals surface area contributed by atoms with E-state index in [2.05, 4.69) is 15.3 Å². The Labute approximate surface area is 122 Å². The van der Waals surface area contributed by atoms with Crippen molar-refractivity contribution in [3.8, 4) is 11.4 Å². The molecule has 4 heteroatoms. The van der Waals surface area contributed by atoms with Crippen molar-refractivity contribution < 1.29 is 4.79 Å². The number of nitrogens with one attached hydrogen (secondary N) is 2. The Morgan fingerprint density at radius 3 is 2.71 bits per heavy atom. The molecule has 1 aromatic heterocycles. The number of imidazole rings is 1. The molecule has 2 aromatic carbocycles. The number of aromatic amines is 1. The van der Waals surface area contributed by atoms with Gasteiger partial charge in [0.2, 0.25) is 5.91 Å². The van der Waals surface area contributed by atoms with E-state index in [-0.39, 0.29) is 5.91 Å². The minimum Gasteiger partial charge on any atom is -0.338 e. The minimum absolute atomic E-state index is 0.0410. The second-order valence-corrected chi connectivity index (χ2v) is 5.94. The average Bonchev–Trinajstić information content (AvgIpc) is 2.99. The number of carbonyl (C=O) groups is 1. The number of carbonyl (C=O) groups excluding carboxylic acids is 1. The summed E-state index contributed by atoms with van der Waals surface area (Å²) in [5.41, 5.74) is 4.37. The highest BCUT2D eigenvalue weighted by Crippen LogP contribution is 2.39. The van der Waals surface area contributed by atoms with E-state index >= 15 is 0 Å². The Morgan fingerprint density at radius 1 is 1.10 bits per heavy atom. The first-order chi connectivity index (χ1) is 10.1. The van der Waals surface area contributed by atoms with Crippen molar-refractivity contribution in [1.82, 2.24) is 9.97 Å². The predicted octanol–water partition coefficient (Wildman–Crippen LogP) is 3.46. The molecule has 3 aromatic rings. The van der Waals surface area contributed by atoms with E-state index < -0.39 is 5.41 Å².